The van der Waals surface area contributed by atoms with E-state index in [-0.39, 0.29) is 5.91 Å². The second kappa shape index (κ2) is 7.40. The van der Waals surface area contributed by atoms with E-state index in [1.807, 2.05) is 6.92 Å². The maximum atomic E-state index is 13.2. The summed E-state index contributed by atoms with van der Waals surface area (Å²) in [5.41, 5.74) is 0.342. The maximum Gasteiger partial charge on any atom is 0.251 e. The third kappa shape index (κ3) is 4.83. The first-order chi connectivity index (χ1) is 8.15. The van der Waals surface area contributed by atoms with Crippen LogP contribution >= 0.6 is 15.9 Å². The van der Waals surface area contributed by atoms with Crippen LogP contribution in [0.2, 0.25) is 0 Å². The van der Waals surface area contributed by atoms with E-state index < -0.39 is 5.82 Å². The van der Waals surface area contributed by atoms with Crippen molar-refractivity contribution >= 4 is 21.8 Å². The van der Waals surface area contributed by atoms with Crippen LogP contribution in [0.1, 0.15) is 23.7 Å². The van der Waals surface area contributed by atoms with Crippen molar-refractivity contribution in [2.75, 3.05) is 19.6 Å². The minimum Gasteiger partial charge on any atom is -0.352 e. The Bertz CT molecular complexity index is 385. The first-order valence-corrected chi connectivity index (χ1v) is 6.38. The third-order valence-electron chi connectivity index (χ3n) is 2.25. The quantitative estimate of drug-likeness (QED) is 0.792. The lowest BCUT2D eigenvalue weighted by Gasteiger charge is -2.06. The monoisotopic (exact) mass is 302 g/mol. The predicted octanol–water partition coefficient (Wildman–Crippen LogP) is 2.32. The van der Waals surface area contributed by atoms with Crippen LogP contribution < -0.4 is 10.6 Å². The van der Waals surface area contributed by atoms with E-state index in [4.69, 9.17) is 0 Å². The van der Waals surface area contributed by atoms with Gasteiger partial charge in [-0.1, -0.05) is 6.92 Å². The molecule has 0 bridgehead atoms. The highest BCUT2D eigenvalue weighted by molar-refractivity contribution is 9.10. The number of carbonyl (C=O) groups excluding carboxylic acids is 1. The zero-order valence-corrected chi connectivity index (χ0v) is 11.3. The molecule has 0 aliphatic carbocycles. The Morgan fingerprint density at radius 2 is 2.18 bits per heavy atom. The average Bonchev–Trinajstić information content (AvgIpc) is 2.32. The van der Waals surface area contributed by atoms with Gasteiger partial charge in [0.25, 0.3) is 5.91 Å². The second-order valence-corrected chi connectivity index (χ2v) is 4.45. The fraction of sp³-hybridized carbons (Fsp3) is 0.417. The molecule has 3 nitrogen and oxygen atoms in total. The van der Waals surface area contributed by atoms with Crippen molar-refractivity contribution in [3.8, 4) is 0 Å². The Hall–Kier alpha value is -0.940. The molecule has 0 heterocycles. The molecule has 0 aliphatic heterocycles. The summed E-state index contributed by atoms with van der Waals surface area (Å²) in [6, 6.07) is 4.35. The van der Waals surface area contributed by atoms with Crippen LogP contribution in [-0.4, -0.2) is 25.5 Å². The number of halogens is 2. The molecule has 94 valence electrons. The Labute approximate surface area is 109 Å². The van der Waals surface area contributed by atoms with Gasteiger partial charge in [-0.25, -0.2) is 4.39 Å². The molecule has 1 rings (SSSR count). The van der Waals surface area contributed by atoms with E-state index in [0.717, 1.165) is 19.5 Å². The first kappa shape index (κ1) is 14.1. The molecule has 0 unspecified atom stereocenters. The van der Waals surface area contributed by atoms with E-state index in [9.17, 15) is 9.18 Å². The molecule has 1 aromatic rings. The highest BCUT2D eigenvalue weighted by Gasteiger charge is 2.07. The van der Waals surface area contributed by atoms with Gasteiger partial charge in [0.15, 0.2) is 0 Å². The van der Waals surface area contributed by atoms with Gasteiger partial charge < -0.3 is 10.6 Å². The number of hydrogen-bond donors (Lipinski definition) is 2. The van der Waals surface area contributed by atoms with Gasteiger partial charge in [-0.05, 0) is 53.6 Å². The zero-order valence-electron chi connectivity index (χ0n) is 9.72. The molecule has 0 spiro atoms. The first-order valence-electron chi connectivity index (χ1n) is 5.59. The van der Waals surface area contributed by atoms with Crippen LogP contribution in [0.15, 0.2) is 22.7 Å². The summed E-state index contributed by atoms with van der Waals surface area (Å²) in [6.45, 7) is 4.41. The normalized spacial score (nSPS) is 10.3. The lowest BCUT2D eigenvalue weighted by atomic mass is 10.2. The molecular weight excluding hydrogens is 287 g/mol. The maximum absolute atomic E-state index is 13.2. The fourth-order valence-electron chi connectivity index (χ4n) is 1.33. The molecular formula is C12H16BrFN2O. The van der Waals surface area contributed by atoms with Gasteiger partial charge in [-0.2, -0.15) is 0 Å². The van der Waals surface area contributed by atoms with Gasteiger partial charge in [0.05, 0.1) is 4.47 Å². The molecule has 17 heavy (non-hydrogen) atoms. The molecule has 1 amide bonds. The van der Waals surface area contributed by atoms with E-state index in [1.54, 1.807) is 6.07 Å². The Balaban J connectivity index is 2.39. The Morgan fingerprint density at radius 1 is 1.41 bits per heavy atom. The number of hydrogen-bond acceptors (Lipinski definition) is 2. The summed E-state index contributed by atoms with van der Waals surface area (Å²) in [6.07, 6.45) is 0.860. The number of carbonyl (C=O) groups is 1. The molecule has 2 N–H and O–H groups in total. The van der Waals surface area contributed by atoms with Crippen LogP contribution in [0.3, 0.4) is 0 Å². The molecule has 0 saturated heterocycles. The van der Waals surface area contributed by atoms with Gasteiger partial charge in [0, 0.05) is 12.1 Å². The zero-order chi connectivity index (χ0) is 12.7. The lowest BCUT2D eigenvalue weighted by molar-refractivity contribution is 0.0953. The SMILES string of the molecule is CCNCCCNC(=O)c1ccc(Br)c(F)c1. The van der Waals surface area contributed by atoms with Crippen LogP contribution in [0.4, 0.5) is 4.39 Å². The van der Waals surface area contributed by atoms with E-state index >= 15 is 0 Å². The summed E-state index contributed by atoms with van der Waals surface area (Å²) in [7, 11) is 0. The summed E-state index contributed by atoms with van der Waals surface area (Å²) in [4.78, 5) is 11.6. The summed E-state index contributed by atoms with van der Waals surface area (Å²) in [5, 5.41) is 5.90. The molecule has 1 aromatic carbocycles. The van der Waals surface area contributed by atoms with E-state index in [1.165, 1.54) is 12.1 Å². The number of amides is 1. The number of benzene rings is 1. The van der Waals surface area contributed by atoms with Crippen LogP contribution in [-0.2, 0) is 0 Å². The van der Waals surface area contributed by atoms with Crippen molar-refractivity contribution in [1.29, 1.82) is 0 Å². The summed E-state index contributed by atoms with van der Waals surface area (Å²) >= 11 is 3.04. The molecule has 5 heteroatoms. The van der Waals surface area contributed by atoms with Gasteiger partial charge in [0.1, 0.15) is 5.82 Å². The highest BCUT2D eigenvalue weighted by atomic mass is 79.9. The van der Waals surface area contributed by atoms with Crippen LogP contribution in [0, 0.1) is 5.82 Å². The van der Waals surface area contributed by atoms with Crippen molar-refractivity contribution in [3.63, 3.8) is 0 Å². The smallest absolute Gasteiger partial charge is 0.251 e. The van der Waals surface area contributed by atoms with Crippen LogP contribution in [0.5, 0.6) is 0 Å². The largest absolute Gasteiger partial charge is 0.352 e. The van der Waals surface area contributed by atoms with E-state index in [2.05, 4.69) is 26.6 Å². The topological polar surface area (TPSA) is 41.1 Å². The summed E-state index contributed by atoms with van der Waals surface area (Å²) < 4.78 is 13.6. The minimum atomic E-state index is -0.426. The van der Waals surface area contributed by atoms with Crippen molar-refractivity contribution in [3.05, 3.63) is 34.1 Å². The van der Waals surface area contributed by atoms with E-state index in [0.29, 0.717) is 16.6 Å². The molecule has 0 radical (unpaired) electrons. The molecule has 0 saturated carbocycles. The highest BCUT2D eigenvalue weighted by Crippen LogP contribution is 2.16. The molecule has 0 atom stereocenters. The molecule has 0 aromatic heterocycles. The molecule has 0 fully saturated rings. The number of rotatable bonds is 6. The second-order valence-electron chi connectivity index (χ2n) is 3.59. The fourth-order valence-corrected chi connectivity index (χ4v) is 1.58. The van der Waals surface area contributed by atoms with Crippen molar-refractivity contribution in [2.45, 2.75) is 13.3 Å². The minimum absolute atomic E-state index is 0.243. The van der Waals surface area contributed by atoms with Gasteiger partial charge in [-0.15, -0.1) is 0 Å². The third-order valence-corrected chi connectivity index (χ3v) is 2.89. The average molecular weight is 303 g/mol. The molecule has 0 aliphatic rings. The van der Waals surface area contributed by atoms with Crippen molar-refractivity contribution in [2.24, 2.45) is 0 Å². The lowest BCUT2D eigenvalue weighted by Crippen LogP contribution is -2.27. The van der Waals surface area contributed by atoms with Gasteiger partial charge in [0.2, 0.25) is 0 Å². The van der Waals surface area contributed by atoms with Crippen molar-refractivity contribution in [1.82, 2.24) is 10.6 Å². The van der Waals surface area contributed by atoms with Crippen LogP contribution in [0.25, 0.3) is 0 Å². The number of nitrogens with one attached hydrogen (secondary N) is 2. The Morgan fingerprint density at radius 3 is 2.82 bits per heavy atom. The van der Waals surface area contributed by atoms with Gasteiger partial charge in [-0.3, -0.25) is 4.79 Å². The Kier molecular flexibility index (Phi) is 6.15. The predicted molar refractivity (Wildman–Crippen MR) is 69.6 cm³/mol. The van der Waals surface area contributed by atoms with Crippen molar-refractivity contribution < 1.29 is 9.18 Å². The standard InChI is InChI=1S/C12H16BrFN2O/c1-2-15-6-3-7-16-12(17)9-4-5-10(13)11(14)8-9/h4-5,8,15H,2-3,6-7H2,1H3,(H,16,17). The summed E-state index contributed by atoms with van der Waals surface area (Å²) in [5.74, 6) is -0.668. The van der Waals surface area contributed by atoms with Gasteiger partial charge >= 0.3 is 0 Å².